The predicted molar refractivity (Wildman–Crippen MR) is 67.3 cm³/mol. The van der Waals surface area contributed by atoms with E-state index in [1.807, 2.05) is 24.3 Å². The van der Waals surface area contributed by atoms with Crippen molar-refractivity contribution in [3.63, 3.8) is 0 Å². The fraction of sp³-hybridized carbons (Fsp3) is 0.417. The zero-order valence-corrected chi connectivity index (χ0v) is 10.7. The topological polar surface area (TPSA) is 38.8 Å². The number of hydrogen-bond donors (Lipinski definition) is 0. The van der Waals surface area contributed by atoms with E-state index in [4.69, 9.17) is 9.47 Å². The highest BCUT2D eigenvalue weighted by molar-refractivity contribution is 8.00. The molecule has 1 amide bonds. The summed E-state index contributed by atoms with van der Waals surface area (Å²) in [4.78, 5) is 14.8. The van der Waals surface area contributed by atoms with Gasteiger partial charge in [-0.15, -0.1) is 11.8 Å². The van der Waals surface area contributed by atoms with Gasteiger partial charge in [-0.05, 0) is 12.1 Å². The van der Waals surface area contributed by atoms with Gasteiger partial charge in [0.05, 0.1) is 18.0 Å². The molecule has 92 valence electrons. The van der Waals surface area contributed by atoms with Crippen LogP contribution in [0.2, 0.25) is 0 Å². The smallest absolute Gasteiger partial charge is 0.237 e. The van der Waals surface area contributed by atoms with Crippen LogP contribution >= 0.6 is 11.8 Å². The van der Waals surface area contributed by atoms with Crippen molar-refractivity contribution >= 4 is 23.4 Å². The molecule has 0 spiro atoms. The molecule has 0 saturated carbocycles. The molecule has 0 aromatic heterocycles. The molecule has 1 aliphatic heterocycles. The standard InChI is InChI=1S/C12H15NO3S/c1-15-12(16-2)7-13-9-5-3-4-6-10(9)17-8-11(13)14/h3-6,12H,7-8H2,1-2H3. The predicted octanol–water partition coefficient (Wildman–Crippen LogP) is 1.74. The lowest BCUT2D eigenvalue weighted by Crippen LogP contribution is -2.41. The van der Waals surface area contributed by atoms with Crippen molar-refractivity contribution in [3.05, 3.63) is 24.3 Å². The number of carbonyl (C=O) groups is 1. The summed E-state index contributed by atoms with van der Waals surface area (Å²) in [7, 11) is 3.15. The van der Waals surface area contributed by atoms with Crippen molar-refractivity contribution in [1.29, 1.82) is 0 Å². The van der Waals surface area contributed by atoms with Crippen LogP contribution in [0.25, 0.3) is 0 Å². The highest BCUT2D eigenvalue weighted by Gasteiger charge is 2.26. The minimum Gasteiger partial charge on any atom is -0.354 e. The Morgan fingerprint density at radius 1 is 1.35 bits per heavy atom. The summed E-state index contributed by atoms with van der Waals surface area (Å²) in [6.45, 7) is 0.420. The van der Waals surface area contributed by atoms with E-state index in [1.165, 1.54) is 0 Å². The van der Waals surface area contributed by atoms with Crippen LogP contribution < -0.4 is 4.90 Å². The Bertz CT molecular complexity index is 406. The summed E-state index contributed by atoms with van der Waals surface area (Å²) < 4.78 is 10.3. The second-order valence-electron chi connectivity index (χ2n) is 3.66. The first-order chi connectivity index (χ1) is 8.26. The maximum absolute atomic E-state index is 11.9. The second kappa shape index (κ2) is 5.53. The van der Waals surface area contributed by atoms with Crippen LogP contribution in [0.5, 0.6) is 0 Å². The quantitative estimate of drug-likeness (QED) is 0.766. The number of anilines is 1. The van der Waals surface area contributed by atoms with E-state index in [0.29, 0.717) is 12.3 Å². The summed E-state index contributed by atoms with van der Waals surface area (Å²) in [6, 6.07) is 7.87. The Kier molecular flexibility index (Phi) is 4.04. The number of fused-ring (bicyclic) bond motifs is 1. The zero-order valence-electron chi connectivity index (χ0n) is 9.88. The van der Waals surface area contributed by atoms with Gasteiger partial charge in [0, 0.05) is 19.1 Å². The van der Waals surface area contributed by atoms with Gasteiger partial charge in [-0.2, -0.15) is 0 Å². The molecule has 1 aromatic carbocycles. The molecule has 0 bridgehead atoms. The highest BCUT2D eigenvalue weighted by atomic mass is 32.2. The third kappa shape index (κ3) is 2.62. The fourth-order valence-corrected chi connectivity index (χ4v) is 2.68. The number of benzene rings is 1. The Labute approximate surface area is 105 Å². The number of ether oxygens (including phenoxy) is 2. The third-order valence-corrected chi connectivity index (χ3v) is 3.71. The minimum atomic E-state index is -0.393. The maximum atomic E-state index is 11.9. The summed E-state index contributed by atoms with van der Waals surface area (Å²) in [5.41, 5.74) is 0.938. The van der Waals surface area contributed by atoms with Crippen molar-refractivity contribution in [2.24, 2.45) is 0 Å². The molecule has 0 aliphatic carbocycles. The van der Waals surface area contributed by atoms with Crippen LogP contribution in [0.15, 0.2) is 29.2 Å². The Morgan fingerprint density at radius 3 is 2.76 bits per heavy atom. The first-order valence-corrected chi connectivity index (χ1v) is 6.32. The Morgan fingerprint density at radius 2 is 2.06 bits per heavy atom. The first-order valence-electron chi connectivity index (χ1n) is 5.34. The number of amides is 1. The van der Waals surface area contributed by atoms with Crippen molar-refractivity contribution in [2.45, 2.75) is 11.2 Å². The number of para-hydroxylation sites is 1. The van der Waals surface area contributed by atoms with E-state index in [-0.39, 0.29) is 5.91 Å². The lowest BCUT2D eigenvalue weighted by atomic mass is 10.2. The van der Waals surface area contributed by atoms with Crippen molar-refractivity contribution in [2.75, 3.05) is 31.4 Å². The second-order valence-corrected chi connectivity index (χ2v) is 4.68. The maximum Gasteiger partial charge on any atom is 0.237 e. The van der Waals surface area contributed by atoms with Gasteiger partial charge >= 0.3 is 0 Å². The number of rotatable bonds is 4. The van der Waals surface area contributed by atoms with E-state index >= 15 is 0 Å². The SMILES string of the molecule is COC(CN1C(=O)CSc2ccccc21)OC. The third-order valence-electron chi connectivity index (χ3n) is 2.67. The molecule has 17 heavy (non-hydrogen) atoms. The van der Waals surface area contributed by atoms with Gasteiger partial charge in [-0.1, -0.05) is 12.1 Å². The van der Waals surface area contributed by atoms with Crippen LogP contribution in [0.1, 0.15) is 0 Å². The summed E-state index contributed by atoms with van der Waals surface area (Å²) >= 11 is 1.57. The van der Waals surface area contributed by atoms with Crippen LogP contribution in [-0.2, 0) is 14.3 Å². The van der Waals surface area contributed by atoms with Crippen molar-refractivity contribution < 1.29 is 14.3 Å². The van der Waals surface area contributed by atoms with E-state index in [9.17, 15) is 4.79 Å². The molecule has 0 saturated heterocycles. The van der Waals surface area contributed by atoms with E-state index in [0.717, 1.165) is 10.6 Å². The van der Waals surface area contributed by atoms with Crippen LogP contribution in [-0.4, -0.2) is 38.7 Å². The number of carbonyl (C=O) groups excluding carboxylic acids is 1. The average molecular weight is 253 g/mol. The molecule has 5 heteroatoms. The number of nitrogens with zero attached hydrogens (tertiary/aromatic N) is 1. The van der Waals surface area contributed by atoms with Gasteiger partial charge in [0.15, 0.2) is 6.29 Å². The van der Waals surface area contributed by atoms with Gasteiger partial charge in [0.25, 0.3) is 0 Å². The highest BCUT2D eigenvalue weighted by Crippen LogP contribution is 2.34. The lowest BCUT2D eigenvalue weighted by Gasteiger charge is -2.31. The fourth-order valence-electron chi connectivity index (χ4n) is 1.75. The molecule has 0 fully saturated rings. The average Bonchev–Trinajstić information content (AvgIpc) is 2.38. The molecular weight excluding hydrogens is 238 g/mol. The molecule has 2 rings (SSSR count). The lowest BCUT2D eigenvalue weighted by molar-refractivity contribution is -0.121. The molecule has 0 radical (unpaired) electrons. The first kappa shape index (κ1) is 12.4. The van der Waals surface area contributed by atoms with Crippen LogP contribution in [0, 0.1) is 0 Å². The van der Waals surface area contributed by atoms with Crippen LogP contribution in [0.3, 0.4) is 0 Å². The molecule has 0 atom stereocenters. The van der Waals surface area contributed by atoms with Crippen molar-refractivity contribution in [3.8, 4) is 0 Å². The monoisotopic (exact) mass is 253 g/mol. The number of hydrogen-bond acceptors (Lipinski definition) is 4. The summed E-state index contributed by atoms with van der Waals surface area (Å²) in [5.74, 6) is 0.560. The zero-order chi connectivity index (χ0) is 12.3. The van der Waals surface area contributed by atoms with Gasteiger partial charge in [0.1, 0.15) is 0 Å². The molecule has 0 unspecified atom stereocenters. The van der Waals surface area contributed by atoms with Gasteiger partial charge in [-0.25, -0.2) is 0 Å². The van der Waals surface area contributed by atoms with Gasteiger partial charge in [-0.3, -0.25) is 4.79 Å². The molecule has 1 aromatic rings. The molecule has 4 nitrogen and oxygen atoms in total. The summed E-state index contributed by atoms with van der Waals surface area (Å²) in [5, 5.41) is 0. The van der Waals surface area contributed by atoms with E-state index in [1.54, 1.807) is 30.9 Å². The number of methoxy groups -OCH3 is 2. The summed E-state index contributed by atoms with van der Waals surface area (Å²) in [6.07, 6.45) is -0.393. The molecular formula is C12H15NO3S. The molecule has 0 N–H and O–H groups in total. The number of thioether (sulfide) groups is 1. The Balaban J connectivity index is 2.23. The van der Waals surface area contributed by atoms with Gasteiger partial charge in [0.2, 0.25) is 5.91 Å². The van der Waals surface area contributed by atoms with E-state index < -0.39 is 6.29 Å². The van der Waals surface area contributed by atoms with Crippen LogP contribution in [0.4, 0.5) is 5.69 Å². The van der Waals surface area contributed by atoms with Crippen molar-refractivity contribution in [1.82, 2.24) is 0 Å². The molecule has 1 aliphatic rings. The molecule has 1 heterocycles. The minimum absolute atomic E-state index is 0.0906. The normalized spacial score (nSPS) is 15.2. The Hall–Kier alpha value is -1.04. The van der Waals surface area contributed by atoms with E-state index in [2.05, 4.69) is 0 Å². The van der Waals surface area contributed by atoms with Gasteiger partial charge < -0.3 is 14.4 Å². The largest absolute Gasteiger partial charge is 0.354 e.